The Hall–Kier alpha value is -2.18. The Balaban J connectivity index is 2.04. The normalized spacial score (nSPS) is 10.2. The highest BCUT2D eigenvalue weighted by molar-refractivity contribution is 7.14. The summed E-state index contributed by atoms with van der Waals surface area (Å²) in [5.41, 5.74) is 1.23. The number of amides is 2. The highest BCUT2D eigenvalue weighted by Gasteiger charge is 2.09. The Morgan fingerprint density at radius 3 is 2.48 bits per heavy atom. The molecule has 1 aromatic heterocycles. The average Bonchev–Trinajstić information content (AvgIpc) is 2.86. The number of thiophene rings is 1. The molecule has 1 aromatic carbocycles. The van der Waals surface area contributed by atoms with Crippen molar-refractivity contribution in [1.82, 2.24) is 0 Å². The van der Waals surface area contributed by atoms with Crippen LogP contribution in [0.3, 0.4) is 0 Å². The molecule has 0 radical (unpaired) electrons. The van der Waals surface area contributed by atoms with Crippen molar-refractivity contribution < 1.29 is 14.3 Å². The molecule has 0 aliphatic carbocycles. The van der Waals surface area contributed by atoms with Crippen molar-refractivity contribution >= 4 is 34.5 Å². The summed E-state index contributed by atoms with van der Waals surface area (Å²) in [5, 5.41) is 5.49. The second kappa shape index (κ2) is 7.01. The minimum absolute atomic E-state index is 0.00887. The van der Waals surface area contributed by atoms with E-state index in [0.29, 0.717) is 16.3 Å². The summed E-state index contributed by atoms with van der Waals surface area (Å²) in [4.78, 5) is 25.2. The maximum Gasteiger partial charge on any atom is 0.265 e. The fourth-order valence-electron chi connectivity index (χ4n) is 1.75. The molecule has 2 aromatic rings. The maximum absolute atomic E-state index is 12.1. The summed E-state index contributed by atoms with van der Waals surface area (Å²) < 4.78 is 4.75. The van der Waals surface area contributed by atoms with Crippen LogP contribution in [0.2, 0.25) is 0 Å². The van der Waals surface area contributed by atoms with E-state index in [4.69, 9.17) is 4.74 Å². The third-order valence-corrected chi connectivity index (χ3v) is 3.64. The molecule has 0 aliphatic rings. The molecule has 2 N–H and O–H groups in total. The van der Waals surface area contributed by atoms with Crippen molar-refractivity contribution in [2.24, 2.45) is 0 Å². The number of hydrogen-bond donors (Lipinski definition) is 2. The third kappa shape index (κ3) is 4.40. The van der Waals surface area contributed by atoms with E-state index < -0.39 is 0 Å². The van der Waals surface area contributed by atoms with Crippen LogP contribution in [0.1, 0.15) is 14.5 Å². The summed E-state index contributed by atoms with van der Waals surface area (Å²) >= 11 is 1.44. The molecule has 6 heteroatoms. The second-order valence-corrected chi connectivity index (χ2v) is 5.71. The highest BCUT2D eigenvalue weighted by atomic mass is 32.1. The van der Waals surface area contributed by atoms with E-state index in [-0.39, 0.29) is 18.4 Å². The molecular weight excluding hydrogens is 288 g/mol. The van der Waals surface area contributed by atoms with Crippen molar-refractivity contribution in [2.45, 2.75) is 6.92 Å². The molecule has 0 fully saturated rings. The third-order valence-electron chi connectivity index (χ3n) is 2.64. The molecule has 0 saturated carbocycles. The fraction of sp³-hybridized carbons (Fsp3) is 0.200. The first-order valence-electron chi connectivity index (χ1n) is 6.35. The van der Waals surface area contributed by atoms with Crippen LogP contribution in [0, 0.1) is 6.92 Å². The number of aryl methyl sites for hydroxylation is 1. The molecule has 21 heavy (non-hydrogen) atoms. The SMILES string of the molecule is COCC(=O)Nc1cccc(NC(=O)c2ccc(C)s2)c1. The van der Waals surface area contributed by atoms with Crippen LogP contribution in [-0.2, 0) is 9.53 Å². The van der Waals surface area contributed by atoms with Gasteiger partial charge >= 0.3 is 0 Å². The number of anilines is 2. The summed E-state index contributed by atoms with van der Waals surface area (Å²) in [7, 11) is 1.46. The van der Waals surface area contributed by atoms with Gasteiger partial charge in [0.2, 0.25) is 5.91 Å². The van der Waals surface area contributed by atoms with Gasteiger partial charge in [-0.25, -0.2) is 0 Å². The first-order chi connectivity index (χ1) is 10.1. The molecular formula is C15H16N2O3S. The van der Waals surface area contributed by atoms with E-state index in [1.54, 1.807) is 30.3 Å². The first-order valence-corrected chi connectivity index (χ1v) is 7.17. The Morgan fingerprint density at radius 1 is 1.14 bits per heavy atom. The van der Waals surface area contributed by atoms with E-state index in [0.717, 1.165) is 4.88 Å². The molecule has 1 heterocycles. The van der Waals surface area contributed by atoms with Crippen LogP contribution in [0.4, 0.5) is 11.4 Å². The van der Waals surface area contributed by atoms with E-state index in [1.165, 1.54) is 18.4 Å². The van der Waals surface area contributed by atoms with Gasteiger partial charge in [0, 0.05) is 23.4 Å². The van der Waals surface area contributed by atoms with Gasteiger partial charge in [0.15, 0.2) is 0 Å². The standard InChI is InChI=1S/C15H16N2O3S/c1-10-6-7-13(21-10)15(19)17-12-5-3-4-11(8-12)16-14(18)9-20-2/h3-8H,9H2,1-2H3,(H,16,18)(H,17,19). The Bertz CT molecular complexity index is 652. The van der Waals surface area contributed by atoms with Crippen LogP contribution >= 0.6 is 11.3 Å². The molecule has 0 aliphatic heterocycles. The quantitative estimate of drug-likeness (QED) is 0.892. The molecule has 0 saturated heterocycles. The predicted octanol–water partition coefficient (Wildman–Crippen LogP) is 2.89. The summed E-state index contributed by atoms with van der Waals surface area (Å²) in [6.45, 7) is 1.94. The van der Waals surface area contributed by atoms with Crippen LogP contribution in [0.15, 0.2) is 36.4 Å². The zero-order valence-electron chi connectivity index (χ0n) is 11.8. The van der Waals surface area contributed by atoms with Crippen molar-refractivity contribution in [3.63, 3.8) is 0 Å². The van der Waals surface area contributed by atoms with Crippen LogP contribution in [-0.4, -0.2) is 25.5 Å². The lowest BCUT2D eigenvalue weighted by atomic mass is 10.2. The Kier molecular flexibility index (Phi) is 5.08. The minimum atomic E-state index is -0.241. The molecule has 0 unspecified atom stereocenters. The monoisotopic (exact) mass is 304 g/mol. The van der Waals surface area contributed by atoms with Crippen molar-refractivity contribution in [2.75, 3.05) is 24.4 Å². The zero-order chi connectivity index (χ0) is 15.2. The van der Waals surface area contributed by atoms with Gasteiger partial charge in [-0.2, -0.15) is 0 Å². The second-order valence-electron chi connectivity index (χ2n) is 4.43. The van der Waals surface area contributed by atoms with E-state index >= 15 is 0 Å². The van der Waals surface area contributed by atoms with Gasteiger partial charge in [0.25, 0.3) is 5.91 Å². The van der Waals surface area contributed by atoms with E-state index in [9.17, 15) is 9.59 Å². The van der Waals surface area contributed by atoms with Crippen molar-refractivity contribution in [3.05, 3.63) is 46.2 Å². The Labute approximate surface area is 126 Å². The highest BCUT2D eigenvalue weighted by Crippen LogP contribution is 2.19. The number of carbonyl (C=O) groups excluding carboxylic acids is 2. The summed E-state index contributed by atoms with van der Waals surface area (Å²) in [5.74, 6) is -0.400. The van der Waals surface area contributed by atoms with Gasteiger partial charge in [-0.3, -0.25) is 9.59 Å². The predicted molar refractivity (Wildman–Crippen MR) is 84.0 cm³/mol. The lowest BCUT2D eigenvalue weighted by Gasteiger charge is -2.08. The number of nitrogens with one attached hydrogen (secondary N) is 2. The minimum Gasteiger partial charge on any atom is -0.375 e. The van der Waals surface area contributed by atoms with E-state index in [1.807, 2.05) is 13.0 Å². The Morgan fingerprint density at radius 2 is 1.86 bits per heavy atom. The van der Waals surface area contributed by atoms with Crippen molar-refractivity contribution in [1.29, 1.82) is 0 Å². The molecule has 2 amide bonds. The largest absolute Gasteiger partial charge is 0.375 e. The number of carbonyl (C=O) groups is 2. The number of ether oxygens (including phenoxy) is 1. The number of rotatable bonds is 5. The van der Waals surface area contributed by atoms with Crippen LogP contribution in [0.5, 0.6) is 0 Å². The number of methoxy groups -OCH3 is 1. The lowest BCUT2D eigenvalue weighted by molar-refractivity contribution is -0.119. The van der Waals surface area contributed by atoms with Gasteiger partial charge in [-0.1, -0.05) is 6.07 Å². The average molecular weight is 304 g/mol. The molecule has 0 spiro atoms. The van der Waals surface area contributed by atoms with Gasteiger partial charge in [-0.05, 0) is 37.3 Å². The molecule has 2 rings (SSSR count). The zero-order valence-corrected chi connectivity index (χ0v) is 12.6. The fourth-order valence-corrected chi connectivity index (χ4v) is 2.51. The maximum atomic E-state index is 12.1. The van der Waals surface area contributed by atoms with E-state index in [2.05, 4.69) is 10.6 Å². The molecule has 0 atom stereocenters. The number of hydrogen-bond acceptors (Lipinski definition) is 4. The van der Waals surface area contributed by atoms with Crippen LogP contribution in [0.25, 0.3) is 0 Å². The van der Waals surface area contributed by atoms with Gasteiger partial charge < -0.3 is 15.4 Å². The molecule has 0 bridgehead atoms. The van der Waals surface area contributed by atoms with Crippen molar-refractivity contribution in [3.8, 4) is 0 Å². The number of benzene rings is 1. The smallest absolute Gasteiger partial charge is 0.265 e. The first kappa shape index (κ1) is 15.2. The lowest BCUT2D eigenvalue weighted by Crippen LogP contribution is -2.17. The molecule has 110 valence electrons. The summed E-state index contributed by atoms with van der Waals surface area (Å²) in [6, 6.07) is 10.7. The molecule has 5 nitrogen and oxygen atoms in total. The van der Waals surface area contributed by atoms with Crippen LogP contribution < -0.4 is 10.6 Å². The van der Waals surface area contributed by atoms with Gasteiger partial charge in [0.05, 0.1) is 4.88 Å². The van der Waals surface area contributed by atoms with Gasteiger partial charge in [0.1, 0.15) is 6.61 Å². The van der Waals surface area contributed by atoms with Gasteiger partial charge in [-0.15, -0.1) is 11.3 Å². The summed E-state index contributed by atoms with van der Waals surface area (Å²) in [6.07, 6.45) is 0. The topological polar surface area (TPSA) is 67.4 Å².